The predicted molar refractivity (Wildman–Crippen MR) is 75.2 cm³/mol. The average Bonchev–Trinajstić information content (AvgIpc) is 2.51. The molecule has 23 heavy (non-hydrogen) atoms. The molecule has 0 saturated carbocycles. The van der Waals surface area contributed by atoms with Crippen LogP contribution in [0.25, 0.3) is 0 Å². The standard InChI is InChI=1S/C14H26O9/c1-5-7(10(16)13(19)14(20)23-5)3-21-4-8-11(17)12(18)9(15)6(2)22-8/h5-20H,3-4H2,1-2H3. The highest BCUT2D eigenvalue weighted by molar-refractivity contribution is 4.91. The number of aliphatic hydroxyl groups is 6. The molecular weight excluding hydrogens is 312 g/mol. The molecule has 0 aromatic rings. The summed E-state index contributed by atoms with van der Waals surface area (Å²) in [6, 6.07) is 0. The van der Waals surface area contributed by atoms with Crippen LogP contribution in [0.5, 0.6) is 0 Å². The molecule has 10 atom stereocenters. The third-order valence-corrected chi connectivity index (χ3v) is 4.58. The van der Waals surface area contributed by atoms with Crippen molar-refractivity contribution in [3.05, 3.63) is 0 Å². The molecule has 2 saturated heterocycles. The van der Waals surface area contributed by atoms with Crippen LogP contribution >= 0.6 is 0 Å². The lowest BCUT2D eigenvalue weighted by Crippen LogP contribution is -2.58. The third kappa shape index (κ3) is 4.01. The topological polar surface area (TPSA) is 149 Å². The van der Waals surface area contributed by atoms with Crippen LogP contribution in [0.4, 0.5) is 0 Å². The second-order valence-electron chi connectivity index (χ2n) is 6.27. The fourth-order valence-electron chi connectivity index (χ4n) is 2.93. The lowest BCUT2D eigenvalue weighted by molar-refractivity contribution is -0.273. The fourth-order valence-corrected chi connectivity index (χ4v) is 2.93. The van der Waals surface area contributed by atoms with Gasteiger partial charge in [0.1, 0.15) is 30.5 Å². The second-order valence-corrected chi connectivity index (χ2v) is 6.27. The maximum atomic E-state index is 9.96. The number of hydrogen-bond donors (Lipinski definition) is 6. The summed E-state index contributed by atoms with van der Waals surface area (Å²) in [5.74, 6) is -0.568. The first-order valence-electron chi connectivity index (χ1n) is 7.71. The highest BCUT2D eigenvalue weighted by Gasteiger charge is 2.44. The summed E-state index contributed by atoms with van der Waals surface area (Å²) in [7, 11) is 0. The molecule has 2 heterocycles. The van der Waals surface area contributed by atoms with Crippen molar-refractivity contribution < 1.29 is 44.8 Å². The Morgan fingerprint density at radius 1 is 0.696 bits per heavy atom. The smallest absolute Gasteiger partial charge is 0.183 e. The Bertz CT molecular complexity index is 381. The Balaban J connectivity index is 1.84. The van der Waals surface area contributed by atoms with Crippen molar-refractivity contribution in [1.82, 2.24) is 0 Å². The lowest BCUT2D eigenvalue weighted by atomic mass is 9.90. The maximum absolute atomic E-state index is 9.96. The summed E-state index contributed by atoms with van der Waals surface area (Å²) in [5.41, 5.74) is 0. The summed E-state index contributed by atoms with van der Waals surface area (Å²) in [5, 5.41) is 58.2. The molecule has 0 spiro atoms. The molecule has 2 fully saturated rings. The Morgan fingerprint density at radius 2 is 1.35 bits per heavy atom. The minimum atomic E-state index is -1.45. The van der Waals surface area contributed by atoms with Gasteiger partial charge in [0.25, 0.3) is 0 Å². The first-order valence-corrected chi connectivity index (χ1v) is 7.71. The fraction of sp³-hybridized carbons (Fsp3) is 1.00. The molecular formula is C14H26O9. The van der Waals surface area contributed by atoms with Gasteiger partial charge in [-0.15, -0.1) is 0 Å². The van der Waals surface area contributed by atoms with E-state index in [1.54, 1.807) is 13.8 Å². The predicted octanol–water partition coefficient (Wildman–Crippen LogP) is -3.05. The van der Waals surface area contributed by atoms with Gasteiger partial charge in [0.05, 0.1) is 31.5 Å². The first kappa shape index (κ1) is 19.0. The van der Waals surface area contributed by atoms with Gasteiger partial charge in [-0.05, 0) is 13.8 Å². The summed E-state index contributed by atoms with van der Waals surface area (Å²) in [6.07, 6.45) is -9.89. The Labute approximate surface area is 134 Å². The molecule has 9 heteroatoms. The van der Waals surface area contributed by atoms with E-state index >= 15 is 0 Å². The van der Waals surface area contributed by atoms with E-state index in [0.717, 1.165) is 0 Å². The number of rotatable bonds is 4. The Hall–Kier alpha value is -0.360. The van der Waals surface area contributed by atoms with Gasteiger partial charge < -0.3 is 44.8 Å². The van der Waals surface area contributed by atoms with Gasteiger partial charge in [-0.3, -0.25) is 0 Å². The molecule has 10 unspecified atom stereocenters. The van der Waals surface area contributed by atoms with Crippen LogP contribution in [0.2, 0.25) is 0 Å². The lowest BCUT2D eigenvalue weighted by Gasteiger charge is -2.41. The molecule has 0 bridgehead atoms. The van der Waals surface area contributed by atoms with Gasteiger partial charge in [-0.1, -0.05) is 0 Å². The van der Waals surface area contributed by atoms with Gasteiger partial charge >= 0.3 is 0 Å². The molecule has 9 nitrogen and oxygen atoms in total. The van der Waals surface area contributed by atoms with E-state index in [2.05, 4.69) is 0 Å². The van der Waals surface area contributed by atoms with Gasteiger partial charge in [-0.2, -0.15) is 0 Å². The van der Waals surface area contributed by atoms with Crippen molar-refractivity contribution >= 4 is 0 Å². The first-order chi connectivity index (χ1) is 10.7. The highest BCUT2D eigenvalue weighted by Crippen LogP contribution is 2.26. The van der Waals surface area contributed by atoms with Crippen LogP contribution in [-0.4, -0.2) is 99.0 Å². The molecule has 2 aliphatic heterocycles. The van der Waals surface area contributed by atoms with Crippen LogP contribution in [0, 0.1) is 5.92 Å². The molecule has 2 aliphatic rings. The Kier molecular flexibility index (Phi) is 6.34. The summed E-state index contributed by atoms with van der Waals surface area (Å²) >= 11 is 0. The van der Waals surface area contributed by atoms with Crippen molar-refractivity contribution in [2.24, 2.45) is 5.92 Å². The van der Waals surface area contributed by atoms with Crippen molar-refractivity contribution in [2.45, 2.75) is 69.0 Å². The van der Waals surface area contributed by atoms with E-state index in [1.807, 2.05) is 0 Å². The minimum absolute atomic E-state index is 0.00568. The average molecular weight is 338 g/mol. The van der Waals surface area contributed by atoms with E-state index in [4.69, 9.17) is 14.2 Å². The SMILES string of the molecule is CC1OC(COCC2C(C)OC(O)C(O)C2O)C(O)C(O)C1O. The molecule has 0 aromatic carbocycles. The van der Waals surface area contributed by atoms with Crippen LogP contribution in [-0.2, 0) is 14.2 Å². The third-order valence-electron chi connectivity index (χ3n) is 4.58. The van der Waals surface area contributed by atoms with E-state index in [0.29, 0.717) is 0 Å². The molecule has 2 rings (SSSR count). The number of aliphatic hydroxyl groups excluding tert-OH is 6. The van der Waals surface area contributed by atoms with Crippen molar-refractivity contribution in [3.8, 4) is 0 Å². The van der Waals surface area contributed by atoms with Gasteiger partial charge in [0.2, 0.25) is 0 Å². The van der Waals surface area contributed by atoms with Crippen molar-refractivity contribution in [3.63, 3.8) is 0 Å². The van der Waals surface area contributed by atoms with E-state index in [9.17, 15) is 30.6 Å². The molecule has 0 radical (unpaired) electrons. The van der Waals surface area contributed by atoms with E-state index < -0.39 is 61.0 Å². The van der Waals surface area contributed by atoms with Crippen LogP contribution in [0.15, 0.2) is 0 Å². The zero-order chi connectivity index (χ0) is 17.3. The molecule has 0 aromatic heterocycles. The van der Waals surface area contributed by atoms with Gasteiger partial charge in [0.15, 0.2) is 6.29 Å². The van der Waals surface area contributed by atoms with Gasteiger partial charge in [-0.25, -0.2) is 0 Å². The quantitative estimate of drug-likeness (QED) is 0.314. The zero-order valence-electron chi connectivity index (χ0n) is 13.1. The van der Waals surface area contributed by atoms with Crippen LogP contribution < -0.4 is 0 Å². The highest BCUT2D eigenvalue weighted by atomic mass is 16.6. The molecule has 136 valence electrons. The normalized spacial score (nSPS) is 51.7. The molecule has 6 N–H and O–H groups in total. The van der Waals surface area contributed by atoms with Crippen molar-refractivity contribution in [2.75, 3.05) is 13.2 Å². The maximum Gasteiger partial charge on any atom is 0.183 e. The summed E-state index contributed by atoms with van der Waals surface area (Å²) in [6.45, 7) is 3.15. The van der Waals surface area contributed by atoms with Crippen LogP contribution in [0.1, 0.15) is 13.8 Å². The molecule has 0 amide bonds. The Morgan fingerprint density at radius 3 is 2.00 bits per heavy atom. The number of hydrogen-bond acceptors (Lipinski definition) is 9. The van der Waals surface area contributed by atoms with Gasteiger partial charge in [0, 0.05) is 5.92 Å². The number of ether oxygens (including phenoxy) is 3. The summed E-state index contributed by atoms with van der Waals surface area (Å²) < 4.78 is 15.9. The van der Waals surface area contributed by atoms with Crippen LogP contribution in [0.3, 0.4) is 0 Å². The second kappa shape index (κ2) is 7.68. The minimum Gasteiger partial charge on any atom is -0.390 e. The zero-order valence-corrected chi connectivity index (χ0v) is 13.1. The van der Waals surface area contributed by atoms with E-state index in [-0.39, 0.29) is 13.2 Å². The van der Waals surface area contributed by atoms with E-state index in [1.165, 1.54) is 0 Å². The monoisotopic (exact) mass is 338 g/mol. The van der Waals surface area contributed by atoms with Crippen molar-refractivity contribution in [1.29, 1.82) is 0 Å². The summed E-state index contributed by atoms with van der Waals surface area (Å²) in [4.78, 5) is 0. The molecule has 0 aliphatic carbocycles. The largest absolute Gasteiger partial charge is 0.390 e.